The molecule has 1 saturated carbocycles. The Morgan fingerprint density at radius 3 is 2.95 bits per heavy atom. The molecule has 0 radical (unpaired) electrons. The van der Waals surface area contributed by atoms with Crippen LogP contribution >= 0.6 is 11.3 Å². The van der Waals surface area contributed by atoms with Crippen LogP contribution in [-0.4, -0.2) is 15.9 Å². The van der Waals surface area contributed by atoms with Crippen LogP contribution in [-0.2, 0) is 0 Å². The van der Waals surface area contributed by atoms with Gasteiger partial charge in [-0.3, -0.25) is 15.1 Å². The molecule has 22 heavy (non-hydrogen) atoms. The number of anilines is 1. The van der Waals surface area contributed by atoms with E-state index in [-0.39, 0.29) is 5.91 Å². The number of amides is 1. The number of nitrogens with zero attached hydrogens (tertiary/aromatic N) is 2. The molecule has 1 aliphatic carbocycles. The zero-order valence-corrected chi connectivity index (χ0v) is 12.8. The summed E-state index contributed by atoms with van der Waals surface area (Å²) in [5.41, 5.74) is 1.75. The summed E-state index contributed by atoms with van der Waals surface area (Å²) in [6.45, 7) is 0. The van der Waals surface area contributed by atoms with E-state index in [0.717, 1.165) is 16.5 Å². The number of aromatic nitrogens is 2. The quantitative estimate of drug-likeness (QED) is 0.788. The molecule has 1 fully saturated rings. The molecular weight excluding hydrogens is 294 g/mol. The van der Waals surface area contributed by atoms with Crippen LogP contribution in [0.1, 0.15) is 41.2 Å². The molecule has 0 saturated heterocycles. The van der Waals surface area contributed by atoms with E-state index < -0.39 is 0 Å². The second kappa shape index (κ2) is 5.50. The highest BCUT2D eigenvalue weighted by Gasteiger charge is 2.22. The van der Waals surface area contributed by atoms with Crippen molar-refractivity contribution in [3.8, 4) is 0 Å². The molecule has 4 nitrogen and oxygen atoms in total. The zero-order valence-electron chi connectivity index (χ0n) is 12.0. The predicted octanol–water partition coefficient (Wildman–Crippen LogP) is 4.21. The topological polar surface area (TPSA) is 54.9 Å². The molecule has 3 aromatic rings. The fraction of sp³-hybridized carbons (Fsp3) is 0.235. The third-order valence-corrected chi connectivity index (χ3v) is 4.94. The van der Waals surface area contributed by atoms with Gasteiger partial charge in [0.15, 0.2) is 5.13 Å². The number of benzene rings is 1. The lowest BCUT2D eigenvalue weighted by molar-refractivity contribution is 0.102. The summed E-state index contributed by atoms with van der Waals surface area (Å²) in [6.07, 6.45) is 7.24. The summed E-state index contributed by atoms with van der Waals surface area (Å²) < 4.78 is 0. The lowest BCUT2D eigenvalue weighted by Gasteiger charge is -2.22. The van der Waals surface area contributed by atoms with Crippen molar-refractivity contribution in [1.29, 1.82) is 0 Å². The third-order valence-electron chi connectivity index (χ3n) is 4.17. The maximum absolute atomic E-state index is 12.4. The predicted molar refractivity (Wildman–Crippen MR) is 88.4 cm³/mol. The molecule has 110 valence electrons. The van der Waals surface area contributed by atoms with Gasteiger partial charge < -0.3 is 0 Å². The van der Waals surface area contributed by atoms with E-state index in [1.165, 1.54) is 30.6 Å². The number of hydrogen-bond donors (Lipinski definition) is 1. The minimum Gasteiger partial charge on any atom is -0.298 e. The van der Waals surface area contributed by atoms with Gasteiger partial charge in [-0.25, -0.2) is 4.98 Å². The Balaban J connectivity index is 1.53. The van der Waals surface area contributed by atoms with Crippen molar-refractivity contribution in [2.45, 2.75) is 25.2 Å². The number of fused-ring (bicyclic) bond motifs is 1. The number of nitrogens with one attached hydrogen (secondary N) is 1. The lowest BCUT2D eigenvalue weighted by atomic mass is 9.83. The van der Waals surface area contributed by atoms with Crippen molar-refractivity contribution in [2.75, 3.05) is 5.32 Å². The first-order chi connectivity index (χ1) is 10.8. The first kappa shape index (κ1) is 13.4. The van der Waals surface area contributed by atoms with Crippen LogP contribution in [0.4, 0.5) is 5.13 Å². The number of hydrogen-bond acceptors (Lipinski definition) is 4. The number of carbonyl (C=O) groups excluding carboxylic acids is 1. The van der Waals surface area contributed by atoms with Gasteiger partial charge in [0.1, 0.15) is 0 Å². The second-order valence-corrected chi connectivity index (χ2v) is 6.46. The summed E-state index contributed by atoms with van der Waals surface area (Å²) in [5, 5.41) is 7.67. The molecule has 0 atom stereocenters. The van der Waals surface area contributed by atoms with Crippen molar-refractivity contribution in [1.82, 2.24) is 9.97 Å². The van der Waals surface area contributed by atoms with Gasteiger partial charge in [0.05, 0.1) is 5.69 Å². The highest BCUT2D eigenvalue weighted by molar-refractivity contribution is 7.14. The average molecular weight is 309 g/mol. The second-order valence-electron chi connectivity index (χ2n) is 5.60. The Bertz CT molecular complexity index is 839. The first-order valence-corrected chi connectivity index (χ1v) is 8.28. The molecule has 1 aromatic carbocycles. The monoisotopic (exact) mass is 309 g/mol. The highest BCUT2D eigenvalue weighted by atomic mass is 32.1. The summed E-state index contributed by atoms with van der Waals surface area (Å²) in [5.74, 6) is 0.467. The van der Waals surface area contributed by atoms with Gasteiger partial charge >= 0.3 is 0 Å². The summed E-state index contributed by atoms with van der Waals surface area (Å²) in [4.78, 5) is 21.0. The maximum Gasteiger partial charge on any atom is 0.257 e. The normalized spacial score (nSPS) is 14.7. The van der Waals surface area contributed by atoms with E-state index in [9.17, 15) is 4.79 Å². The van der Waals surface area contributed by atoms with Crippen molar-refractivity contribution in [3.63, 3.8) is 0 Å². The van der Waals surface area contributed by atoms with Crippen molar-refractivity contribution >= 4 is 33.1 Å². The van der Waals surface area contributed by atoms with Gasteiger partial charge in [0.2, 0.25) is 0 Å². The first-order valence-electron chi connectivity index (χ1n) is 7.40. The molecule has 0 bridgehead atoms. The van der Waals surface area contributed by atoms with Gasteiger partial charge in [-0.15, -0.1) is 11.3 Å². The van der Waals surface area contributed by atoms with E-state index in [0.29, 0.717) is 16.6 Å². The molecule has 2 heterocycles. The van der Waals surface area contributed by atoms with Gasteiger partial charge in [-0.1, -0.05) is 12.5 Å². The number of rotatable bonds is 3. The van der Waals surface area contributed by atoms with Gasteiger partial charge in [-0.05, 0) is 36.4 Å². The minimum absolute atomic E-state index is 0.125. The zero-order chi connectivity index (χ0) is 14.9. The molecule has 2 aromatic heterocycles. The van der Waals surface area contributed by atoms with Crippen molar-refractivity contribution in [2.24, 2.45) is 0 Å². The Hall–Kier alpha value is -2.27. The molecule has 0 aliphatic heterocycles. The fourth-order valence-electron chi connectivity index (χ4n) is 2.63. The van der Waals surface area contributed by atoms with Crippen LogP contribution in [0.5, 0.6) is 0 Å². The van der Waals surface area contributed by atoms with Crippen LogP contribution < -0.4 is 5.32 Å². The number of pyridine rings is 1. The lowest BCUT2D eigenvalue weighted by Crippen LogP contribution is -2.13. The summed E-state index contributed by atoms with van der Waals surface area (Å²) in [7, 11) is 0. The molecule has 0 spiro atoms. The molecule has 0 unspecified atom stereocenters. The molecule has 1 aliphatic rings. The van der Waals surface area contributed by atoms with Crippen molar-refractivity contribution in [3.05, 3.63) is 53.3 Å². The Morgan fingerprint density at radius 2 is 2.14 bits per heavy atom. The van der Waals surface area contributed by atoms with E-state index in [2.05, 4.69) is 20.7 Å². The summed E-state index contributed by atoms with van der Waals surface area (Å²) in [6, 6.07) is 7.56. The van der Waals surface area contributed by atoms with Crippen LogP contribution in [0.2, 0.25) is 0 Å². The van der Waals surface area contributed by atoms with Crippen LogP contribution in [0, 0.1) is 0 Å². The fourth-order valence-corrected chi connectivity index (χ4v) is 3.42. The van der Waals surface area contributed by atoms with Crippen LogP contribution in [0.3, 0.4) is 0 Å². The standard InChI is InChI=1S/C17H15N3OS/c21-16(13-5-4-11-6-7-18-9-14(11)8-13)20-17-19-15(10-22-17)12-2-1-3-12/h4-10,12H,1-3H2,(H,19,20,21). The molecule has 1 N–H and O–H groups in total. The Kier molecular flexibility index (Phi) is 3.35. The van der Waals surface area contributed by atoms with Gasteiger partial charge in [-0.2, -0.15) is 0 Å². The largest absolute Gasteiger partial charge is 0.298 e. The maximum atomic E-state index is 12.4. The van der Waals surface area contributed by atoms with E-state index in [4.69, 9.17) is 0 Å². The molecule has 4 rings (SSSR count). The van der Waals surface area contributed by atoms with Gasteiger partial charge in [0, 0.05) is 34.6 Å². The van der Waals surface area contributed by atoms with E-state index in [1.807, 2.05) is 24.3 Å². The van der Waals surface area contributed by atoms with Crippen molar-refractivity contribution < 1.29 is 4.79 Å². The Labute approximate surface area is 132 Å². The smallest absolute Gasteiger partial charge is 0.257 e. The van der Waals surface area contributed by atoms with Crippen LogP contribution in [0.15, 0.2) is 42.0 Å². The van der Waals surface area contributed by atoms with Crippen LogP contribution in [0.25, 0.3) is 10.8 Å². The number of thiazole rings is 1. The number of carbonyl (C=O) groups is 1. The Morgan fingerprint density at radius 1 is 1.23 bits per heavy atom. The SMILES string of the molecule is O=C(Nc1nc(C2CCC2)cs1)c1ccc2ccncc2c1. The average Bonchev–Trinajstić information content (AvgIpc) is 2.93. The van der Waals surface area contributed by atoms with E-state index in [1.54, 1.807) is 12.4 Å². The minimum atomic E-state index is -0.125. The van der Waals surface area contributed by atoms with E-state index >= 15 is 0 Å². The third kappa shape index (κ3) is 2.48. The molecular formula is C17H15N3OS. The van der Waals surface area contributed by atoms with Gasteiger partial charge in [0.25, 0.3) is 5.91 Å². The molecule has 5 heteroatoms. The highest BCUT2D eigenvalue weighted by Crippen LogP contribution is 2.37. The molecule has 1 amide bonds. The summed E-state index contributed by atoms with van der Waals surface area (Å²) >= 11 is 1.50.